The Morgan fingerprint density at radius 3 is 2.24 bits per heavy atom. The number of nitrogens with zero attached hydrogens (tertiary/aromatic N) is 4. The molecule has 0 aromatic carbocycles. The molecule has 0 radical (unpaired) electrons. The lowest BCUT2D eigenvalue weighted by molar-refractivity contribution is 0.469. The molecular weight excluding hydrogens is 286 g/mol. The van der Waals surface area contributed by atoms with Gasteiger partial charge in [0.2, 0.25) is 17.2 Å². The molecule has 0 bridgehead atoms. The van der Waals surface area contributed by atoms with E-state index in [-0.39, 0.29) is 5.28 Å². The molecule has 0 unspecified atom stereocenters. The van der Waals surface area contributed by atoms with E-state index in [1.54, 1.807) is 0 Å². The normalized spacial score (nSPS) is 17.1. The van der Waals surface area contributed by atoms with Crippen molar-refractivity contribution in [2.45, 2.75) is 64.8 Å². The summed E-state index contributed by atoms with van der Waals surface area (Å²) in [6, 6.07) is 0.452. The molecule has 2 rings (SSSR count). The fraction of sp³-hybridized carbons (Fsp3) is 0.800. The predicted octanol–water partition coefficient (Wildman–Crippen LogP) is 3.90. The molecule has 0 amide bonds. The summed E-state index contributed by atoms with van der Waals surface area (Å²) in [5.41, 5.74) is 0. The van der Waals surface area contributed by atoms with E-state index in [1.165, 1.54) is 44.9 Å². The van der Waals surface area contributed by atoms with Crippen molar-refractivity contribution in [1.82, 2.24) is 15.0 Å². The molecule has 1 fully saturated rings. The monoisotopic (exact) mass is 311 g/mol. The second-order valence-electron chi connectivity index (χ2n) is 5.59. The molecule has 1 saturated carbocycles. The lowest BCUT2D eigenvalue weighted by Crippen LogP contribution is -2.26. The SMILES string of the molecule is CCN(CC)c1nc(Cl)nc(NC2CCCCCCC2)n1. The van der Waals surface area contributed by atoms with E-state index in [2.05, 4.69) is 39.0 Å². The lowest BCUT2D eigenvalue weighted by atomic mass is 9.97. The molecule has 0 atom stereocenters. The highest BCUT2D eigenvalue weighted by Gasteiger charge is 2.15. The second kappa shape index (κ2) is 8.37. The van der Waals surface area contributed by atoms with Gasteiger partial charge >= 0.3 is 0 Å². The molecule has 1 aliphatic rings. The van der Waals surface area contributed by atoms with E-state index < -0.39 is 0 Å². The zero-order valence-corrected chi connectivity index (χ0v) is 13.9. The number of rotatable bonds is 5. The lowest BCUT2D eigenvalue weighted by Gasteiger charge is -2.22. The quantitative estimate of drug-likeness (QED) is 0.894. The van der Waals surface area contributed by atoms with Crippen LogP contribution in [0.4, 0.5) is 11.9 Å². The summed E-state index contributed by atoms with van der Waals surface area (Å²) in [4.78, 5) is 15.1. The Bertz CT molecular complexity index is 428. The summed E-state index contributed by atoms with van der Waals surface area (Å²) >= 11 is 6.06. The van der Waals surface area contributed by atoms with Gasteiger partial charge in [-0.3, -0.25) is 0 Å². The van der Waals surface area contributed by atoms with Gasteiger partial charge in [-0.2, -0.15) is 15.0 Å². The number of hydrogen-bond acceptors (Lipinski definition) is 5. The summed E-state index contributed by atoms with van der Waals surface area (Å²) in [5.74, 6) is 1.27. The number of hydrogen-bond donors (Lipinski definition) is 1. The van der Waals surface area contributed by atoms with Crippen LogP contribution in [-0.2, 0) is 0 Å². The van der Waals surface area contributed by atoms with Crippen molar-refractivity contribution < 1.29 is 0 Å². The van der Waals surface area contributed by atoms with Crippen LogP contribution in [0.2, 0.25) is 5.28 Å². The average Bonchev–Trinajstić information content (AvgIpc) is 2.42. The van der Waals surface area contributed by atoms with Gasteiger partial charge in [0.25, 0.3) is 0 Å². The molecule has 0 saturated heterocycles. The van der Waals surface area contributed by atoms with Crippen LogP contribution in [0.5, 0.6) is 0 Å². The molecule has 5 nitrogen and oxygen atoms in total. The molecule has 1 aromatic heterocycles. The van der Waals surface area contributed by atoms with Crippen LogP contribution in [0, 0.1) is 0 Å². The fourth-order valence-electron chi connectivity index (χ4n) is 2.84. The van der Waals surface area contributed by atoms with Crippen LogP contribution in [0.15, 0.2) is 0 Å². The Morgan fingerprint density at radius 1 is 1.00 bits per heavy atom. The highest BCUT2D eigenvalue weighted by atomic mass is 35.5. The van der Waals surface area contributed by atoms with Gasteiger partial charge in [-0.05, 0) is 38.3 Å². The zero-order valence-electron chi connectivity index (χ0n) is 13.1. The van der Waals surface area contributed by atoms with Crippen molar-refractivity contribution in [3.8, 4) is 0 Å². The van der Waals surface area contributed by atoms with Gasteiger partial charge in [-0.15, -0.1) is 0 Å². The van der Waals surface area contributed by atoms with Gasteiger partial charge in [0.05, 0.1) is 0 Å². The van der Waals surface area contributed by atoms with Crippen molar-refractivity contribution in [2.24, 2.45) is 0 Å². The first-order valence-corrected chi connectivity index (χ1v) is 8.53. The predicted molar refractivity (Wildman–Crippen MR) is 88.1 cm³/mol. The molecule has 1 heterocycles. The summed E-state index contributed by atoms with van der Waals surface area (Å²) in [5, 5.41) is 3.72. The van der Waals surface area contributed by atoms with Gasteiger partial charge in [0.15, 0.2) is 0 Å². The van der Waals surface area contributed by atoms with Crippen molar-refractivity contribution >= 4 is 23.5 Å². The standard InChI is InChI=1S/C15H26ClN5/c1-3-21(4-2)15-19-13(16)18-14(20-15)17-12-10-8-6-5-7-9-11-12/h12H,3-11H2,1-2H3,(H,17,18,19,20). The molecule has 6 heteroatoms. The highest BCUT2D eigenvalue weighted by Crippen LogP contribution is 2.21. The van der Waals surface area contributed by atoms with Crippen molar-refractivity contribution in [3.63, 3.8) is 0 Å². The Hall–Kier alpha value is -1.10. The van der Waals surface area contributed by atoms with Crippen molar-refractivity contribution in [1.29, 1.82) is 0 Å². The number of aromatic nitrogens is 3. The maximum Gasteiger partial charge on any atom is 0.231 e. The van der Waals surface area contributed by atoms with Gasteiger partial charge in [-0.1, -0.05) is 32.1 Å². The molecule has 1 N–H and O–H groups in total. The molecular formula is C15H26ClN5. The molecule has 1 aromatic rings. The molecule has 0 aliphatic heterocycles. The van der Waals surface area contributed by atoms with Gasteiger partial charge < -0.3 is 10.2 Å². The minimum atomic E-state index is 0.264. The topological polar surface area (TPSA) is 53.9 Å². The van der Waals surface area contributed by atoms with Crippen LogP contribution >= 0.6 is 11.6 Å². The first kappa shape index (κ1) is 16.3. The number of anilines is 2. The van der Waals surface area contributed by atoms with E-state index in [0.717, 1.165) is 13.1 Å². The molecule has 21 heavy (non-hydrogen) atoms. The van der Waals surface area contributed by atoms with Crippen LogP contribution in [-0.4, -0.2) is 34.1 Å². The molecule has 0 spiro atoms. The minimum absolute atomic E-state index is 0.264. The number of halogens is 1. The molecule has 118 valence electrons. The Labute approximate surface area is 132 Å². The van der Waals surface area contributed by atoms with Crippen LogP contribution in [0.1, 0.15) is 58.8 Å². The maximum atomic E-state index is 6.06. The van der Waals surface area contributed by atoms with E-state index in [0.29, 0.717) is 17.9 Å². The van der Waals surface area contributed by atoms with Crippen LogP contribution in [0.25, 0.3) is 0 Å². The van der Waals surface area contributed by atoms with Gasteiger partial charge in [0.1, 0.15) is 0 Å². The fourth-order valence-corrected chi connectivity index (χ4v) is 2.99. The first-order chi connectivity index (χ1) is 10.2. The Balaban J connectivity index is 2.07. The number of nitrogens with one attached hydrogen (secondary N) is 1. The van der Waals surface area contributed by atoms with Gasteiger partial charge in [0, 0.05) is 19.1 Å². The zero-order chi connectivity index (χ0) is 15.1. The smallest absolute Gasteiger partial charge is 0.231 e. The second-order valence-corrected chi connectivity index (χ2v) is 5.92. The third-order valence-corrected chi connectivity index (χ3v) is 4.25. The summed E-state index contributed by atoms with van der Waals surface area (Å²) in [6.45, 7) is 5.89. The van der Waals surface area contributed by atoms with E-state index in [9.17, 15) is 0 Å². The van der Waals surface area contributed by atoms with Crippen LogP contribution in [0.3, 0.4) is 0 Å². The van der Waals surface area contributed by atoms with E-state index in [1.807, 2.05) is 0 Å². The summed E-state index contributed by atoms with van der Waals surface area (Å²) in [6.07, 6.45) is 8.96. The van der Waals surface area contributed by atoms with Crippen molar-refractivity contribution in [3.05, 3.63) is 5.28 Å². The van der Waals surface area contributed by atoms with Crippen LogP contribution < -0.4 is 10.2 Å². The Morgan fingerprint density at radius 2 is 1.62 bits per heavy atom. The van der Waals surface area contributed by atoms with E-state index in [4.69, 9.17) is 11.6 Å². The van der Waals surface area contributed by atoms with Crippen molar-refractivity contribution in [2.75, 3.05) is 23.3 Å². The largest absolute Gasteiger partial charge is 0.351 e. The van der Waals surface area contributed by atoms with E-state index >= 15 is 0 Å². The molecule has 1 aliphatic carbocycles. The highest BCUT2D eigenvalue weighted by molar-refractivity contribution is 6.28. The summed E-state index contributed by atoms with van der Waals surface area (Å²) in [7, 11) is 0. The van der Waals surface area contributed by atoms with Gasteiger partial charge in [-0.25, -0.2) is 0 Å². The third-order valence-electron chi connectivity index (χ3n) is 4.08. The summed E-state index contributed by atoms with van der Waals surface area (Å²) < 4.78 is 0. The average molecular weight is 312 g/mol. The first-order valence-electron chi connectivity index (χ1n) is 8.16. The minimum Gasteiger partial charge on any atom is -0.351 e. The third kappa shape index (κ3) is 4.99. The maximum absolute atomic E-state index is 6.06. The Kier molecular flexibility index (Phi) is 6.49.